The van der Waals surface area contributed by atoms with Crippen molar-refractivity contribution < 1.29 is 47.6 Å². The number of rotatable bonds is 18. The average Bonchev–Trinajstić information content (AvgIpc) is 2.68. The van der Waals surface area contributed by atoms with Crippen LogP contribution in [0.15, 0.2) is 23.1 Å². The molecule has 1 aromatic rings. The number of aryl methyl sites for hydroxylation is 1. The normalized spacial score (nSPS) is 11.4. The van der Waals surface area contributed by atoms with Gasteiger partial charge in [-0.1, -0.05) is 121 Å². The maximum absolute atomic E-state index is 11.5. The van der Waals surface area contributed by atoms with Gasteiger partial charge in [0.1, 0.15) is 0 Å². The molecule has 30 heavy (non-hydrogen) atoms. The molecule has 0 radical (unpaired) electrons. The Kier molecular flexibility index (Phi) is 18.5. The van der Waals surface area contributed by atoms with Gasteiger partial charge in [-0.05, 0) is 24.5 Å². The van der Waals surface area contributed by atoms with Crippen molar-refractivity contribution >= 4 is 10.1 Å². The molecule has 1 N–H and O–H groups in total. The molecule has 0 aromatic heterocycles. The fourth-order valence-electron chi connectivity index (χ4n) is 3.79. The third-order valence-corrected chi connectivity index (χ3v) is 6.48. The number of unbranched alkanes of at least 4 members (excludes halogenated alkanes) is 15. The predicted molar refractivity (Wildman–Crippen MR) is 119 cm³/mol. The van der Waals surface area contributed by atoms with E-state index in [0.29, 0.717) is 0 Å². The van der Waals surface area contributed by atoms with E-state index in [-0.39, 0.29) is 29.6 Å². The Morgan fingerprint density at radius 2 is 1.13 bits per heavy atom. The Morgan fingerprint density at radius 3 is 1.53 bits per heavy atom. The molecule has 0 aliphatic heterocycles. The van der Waals surface area contributed by atoms with Crippen LogP contribution in [0.25, 0.3) is 0 Å². The second-order valence-corrected chi connectivity index (χ2v) is 9.70. The molecule has 1 aromatic carbocycles. The van der Waals surface area contributed by atoms with Gasteiger partial charge in [-0.2, -0.15) is 8.42 Å². The molecule has 6 heteroatoms. The van der Waals surface area contributed by atoms with Crippen LogP contribution in [0.4, 0.5) is 0 Å². The summed E-state index contributed by atoms with van der Waals surface area (Å²) in [4.78, 5) is -0.508. The monoisotopic (exact) mass is 448 g/mol. The Balaban J connectivity index is 0.00000841. The fraction of sp³-hybridized carbons (Fsp3) is 0.750. The van der Waals surface area contributed by atoms with E-state index in [2.05, 4.69) is 6.92 Å². The summed E-state index contributed by atoms with van der Waals surface area (Å²) in [7, 11) is -4.43. The molecule has 1 rings (SSSR count). The Bertz CT molecular complexity index is 647. The van der Waals surface area contributed by atoms with Gasteiger partial charge in [-0.15, -0.1) is 0 Å². The Labute approximate surface area is 207 Å². The van der Waals surface area contributed by atoms with E-state index in [1.165, 1.54) is 102 Å². The molecule has 168 valence electrons. The molecular formula is C24H41NaO4S. The van der Waals surface area contributed by atoms with Gasteiger partial charge in [0.2, 0.25) is 0 Å². The number of hydrogen-bond donors (Lipinski definition) is 1. The quantitative estimate of drug-likeness (QED) is 0.210. The summed E-state index contributed by atoms with van der Waals surface area (Å²) in [6.45, 7) is 2.26. The van der Waals surface area contributed by atoms with Crippen LogP contribution in [0.3, 0.4) is 0 Å². The van der Waals surface area contributed by atoms with Crippen molar-refractivity contribution in [2.24, 2.45) is 0 Å². The summed E-state index contributed by atoms with van der Waals surface area (Å²) < 4.78 is 31.4. The molecule has 0 aliphatic rings. The molecule has 0 aliphatic carbocycles. The van der Waals surface area contributed by atoms with Crippen LogP contribution in [0.2, 0.25) is 0 Å². The molecule has 0 fully saturated rings. The first kappa shape index (κ1) is 29.9. The zero-order chi connectivity index (χ0) is 21.4. The smallest absolute Gasteiger partial charge is 0.872 e. The van der Waals surface area contributed by atoms with Crippen molar-refractivity contribution in [2.45, 2.75) is 121 Å². The van der Waals surface area contributed by atoms with E-state index in [4.69, 9.17) is 4.55 Å². The van der Waals surface area contributed by atoms with E-state index in [9.17, 15) is 13.5 Å². The third-order valence-electron chi connectivity index (χ3n) is 5.61. The largest absolute Gasteiger partial charge is 1.00 e. The average molecular weight is 449 g/mol. The van der Waals surface area contributed by atoms with Gasteiger partial charge in [-0.25, -0.2) is 0 Å². The zero-order valence-electron chi connectivity index (χ0n) is 19.3. The van der Waals surface area contributed by atoms with E-state index in [1.807, 2.05) is 0 Å². The van der Waals surface area contributed by atoms with Crippen molar-refractivity contribution in [3.8, 4) is 5.75 Å². The minimum absolute atomic E-state index is 0. The summed E-state index contributed by atoms with van der Waals surface area (Å²) >= 11 is 0. The van der Waals surface area contributed by atoms with Crippen LogP contribution >= 0.6 is 0 Å². The summed E-state index contributed by atoms with van der Waals surface area (Å²) in [5, 5.41) is 11.5. The van der Waals surface area contributed by atoms with Gasteiger partial charge in [0.15, 0.2) is 0 Å². The van der Waals surface area contributed by atoms with Crippen LogP contribution < -0.4 is 34.7 Å². The predicted octanol–water partition coefficient (Wildman–Crippen LogP) is 3.81. The van der Waals surface area contributed by atoms with E-state index < -0.39 is 20.8 Å². The molecule has 0 atom stereocenters. The van der Waals surface area contributed by atoms with E-state index >= 15 is 0 Å². The number of benzene rings is 1. The first-order valence-corrected chi connectivity index (χ1v) is 13.2. The summed E-state index contributed by atoms with van der Waals surface area (Å²) in [5.74, 6) is -0.650. The molecule has 0 saturated heterocycles. The second kappa shape index (κ2) is 18.5. The molecule has 0 bridgehead atoms. The van der Waals surface area contributed by atoms with Crippen molar-refractivity contribution in [3.05, 3.63) is 23.8 Å². The Morgan fingerprint density at radius 1 is 0.733 bits per heavy atom. The van der Waals surface area contributed by atoms with Crippen molar-refractivity contribution in [1.82, 2.24) is 0 Å². The molecule has 0 amide bonds. The van der Waals surface area contributed by atoms with Crippen LogP contribution in [0.5, 0.6) is 5.75 Å². The molecule has 0 spiro atoms. The van der Waals surface area contributed by atoms with Crippen molar-refractivity contribution in [2.75, 3.05) is 0 Å². The molecule has 4 nitrogen and oxygen atoms in total. The first-order valence-electron chi connectivity index (χ1n) is 11.7. The maximum Gasteiger partial charge on any atom is 1.00 e. The minimum Gasteiger partial charge on any atom is -0.872 e. The molecule has 0 saturated carbocycles. The van der Waals surface area contributed by atoms with Crippen LogP contribution in [-0.2, 0) is 16.5 Å². The van der Waals surface area contributed by atoms with Gasteiger partial charge >= 0.3 is 29.6 Å². The van der Waals surface area contributed by atoms with Crippen LogP contribution in [0.1, 0.15) is 115 Å². The number of hydrogen-bond acceptors (Lipinski definition) is 3. The summed E-state index contributed by atoms with van der Waals surface area (Å²) in [6.07, 6.45) is 21.8. The minimum atomic E-state index is -4.43. The zero-order valence-corrected chi connectivity index (χ0v) is 22.1. The summed E-state index contributed by atoms with van der Waals surface area (Å²) in [5.41, 5.74) is 0.794. The van der Waals surface area contributed by atoms with Crippen molar-refractivity contribution in [1.29, 1.82) is 0 Å². The second-order valence-electron chi connectivity index (χ2n) is 8.31. The standard InChI is InChI=1S/C24H42O4S.Na/c1-2-3-4-5-6-7-8-9-10-11-12-13-14-15-16-17-18-22-19-20-23(25)24(21-22)29(26,27)28;/h19-21,25H,2-18H2,1H3,(H,26,27,28);/q;+1/p-1. The SMILES string of the molecule is CCCCCCCCCCCCCCCCCCc1ccc([O-])c(S(=O)(=O)O)c1.[Na+]. The van der Waals surface area contributed by atoms with Gasteiger partial charge in [-0.3, -0.25) is 4.55 Å². The van der Waals surface area contributed by atoms with Gasteiger partial charge in [0.05, 0.1) is 4.90 Å². The van der Waals surface area contributed by atoms with Gasteiger partial charge in [0.25, 0.3) is 10.1 Å². The third kappa shape index (κ3) is 14.9. The van der Waals surface area contributed by atoms with Gasteiger partial charge < -0.3 is 5.11 Å². The Hall–Kier alpha value is -0.0700. The van der Waals surface area contributed by atoms with Crippen molar-refractivity contribution in [3.63, 3.8) is 0 Å². The van der Waals surface area contributed by atoms with Crippen LogP contribution in [-0.4, -0.2) is 13.0 Å². The molecular weight excluding hydrogens is 407 g/mol. The fourth-order valence-corrected chi connectivity index (χ4v) is 4.41. The van der Waals surface area contributed by atoms with E-state index in [1.54, 1.807) is 6.07 Å². The first-order chi connectivity index (χ1) is 13.9. The summed E-state index contributed by atoms with van der Waals surface area (Å²) in [6, 6.07) is 4.19. The maximum atomic E-state index is 11.5. The van der Waals surface area contributed by atoms with Gasteiger partial charge in [0, 0.05) is 0 Å². The topological polar surface area (TPSA) is 77.4 Å². The van der Waals surface area contributed by atoms with Crippen LogP contribution in [0, 0.1) is 0 Å². The molecule has 0 unspecified atom stereocenters. The van der Waals surface area contributed by atoms with E-state index in [0.717, 1.165) is 24.8 Å². The molecule has 0 heterocycles.